The molecule has 8 heteroatoms. The van der Waals surface area contributed by atoms with E-state index in [1.807, 2.05) is 0 Å². The molecule has 2 radical (unpaired) electrons. The van der Waals surface area contributed by atoms with E-state index in [4.69, 9.17) is 8.85 Å². The van der Waals surface area contributed by atoms with Gasteiger partial charge in [0.05, 0.1) is 0 Å². The topological polar surface area (TPSA) is 18.5 Å². The molecule has 10 rings (SSSR count). The van der Waals surface area contributed by atoms with Gasteiger partial charge in [-0.05, 0) is 30.8 Å². The third kappa shape index (κ3) is 12.8. The molecule has 70 heavy (non-hydrogen) atoms. The molecular formula is C62H60Cl2O2Si3Zr. The monoisotopic (exact) mass is 1080 g/mol. The fraction of sp³-hybridized carbons (Fsp3) is 0.129. The second-order valence-electron chi connectivity index (χ2n) is 19.0. The molecule has 0 fully saturated rings. The summed E-state index contributed by atoms with van der Waals surface area (Å²) in [7, 11) is -4.33. The Bertz CT molecular complexity index is 2710. The quantitative estimate of drug-likeness (QED) is 0.118. The summed E-state index contributed by atoms with van der Waals surface area (Å²) in [5.41, 5.74) is 0. The van der Waals surface area contributed by atoms with E-state index < -0.39 is 16.6 Å². The molecule has 0 saturated heterocycles. The van der Waals surface area contributed by atoms with Crippen molar-refractivity contribution in [3.8, 4) is 11.5 Å². The number of rotatable bonds is 10. The molecule has 350 valence electrons. The molecule has 0 amide bonds. The Morgan fingerprint density at radius 1 is 0.343 bits per heavy atom. The van der Waals surface area contributed by atoms with Gasteiger partial charge in [0.15, 0.2) is 0 Å². The summed E-state index contributed by atoms with van der Waals surface area (Å²) < 4.78 is 14.1. The van der Waals surface area contributed by atoms with Gasteiger partial charge in [0.25, 0.3) is 0 Å². The molecule has 10 aromatic carbocycles. The smallest absolute Gasteiger partial charge is 1.00 e. The molecule has 0 aliphatic carbocycles. The molecule has 0 saturated carbocycles. The Balaban J connectivity index is 0.000000202. The van der Waals surface area contributed by atoms with Crippen LogP contribution in [-0.4, -0.2) is 26.2 Å². The van der Waals surface area contributed by atoms with Crippen molar-refractivity contribution in [1.29, 1.82) is 0 Å². The van der Waals surface area contributed by atoms with Gasteiger partial charge in [-0.25, -0.2) is 0 Å². The van der Waals surface area contributed by atoms with E-state index in [2.05, 4.69) is 296 Å². The first-order valence-corrected chi connectivity index (χ1v) is 28.1. The average molecular weight is 1080 g/mol. The van der Waals surface area contributed by atoms with Gasteiger partial charge in [-0.15, -0.1) is 82.2 Å². The number of hydrogen-bond donors (Lipinski definition) is 0. The minimum absolute atomic E-state index is 0. The zero-order valence-corrected chi connectivity index (χ0v) is 47.8. The summed E-state index contributed by atoms with van der Waals surface area (Å²) in [4.78, 5) is 0. The van der Waals surface area contributed by atoms with Gasteiger partial charge < -0.3 is 33.7 Å². The number of halogens is 2. The molecule has 0 aromatic heterocycles. The molecule has 0 atom stereocenters. The Kier molecular flexibility index (Phi) is 20.0. The minimum Gasteiger partial charge on any atom is -1.00 e. The molecule has 0 N–H and O–H groups in total. The van der Waals surface area contributed by atoms with Gasteiger partial charge in [-0.1, -0.05) is 246 Å². The van der Waals surface area contributed by atoms with Gasteiger partial charge in [0.2, 0.25) is 0 Å². The largest absolute Gasteiger partial charge is 4.00 e. The van der Waals surface area contributed by atoms with Crippen LogP contribution in [0.5, 0.6) is 11.5 Å². The molecule has 0 spiro atoms. The summed E-state index contributed by atoms with van der Waals surface area (Å²) in [6, 6.07) is 89.9. The Hall–Kier alpha value is -5.31. The maximum Gasteiger partial charge on any atom is 4.00 e. The van der Waals surface area contributed by atoms with Crippen LogP contribution in [0.1, 0.15) is 41.5 Å². The van der Waals surface area contributed by atoms with Crippen molar-refractivity contribution in [2.45, 2.75) is 51.6 Å². The summed E-state index contributed by atoms with van der Waals surface area (Å²) in [6.07, 6.45) is 0. The van der Waals surface area contributed by atoms with Crippen LogP contribution in [0.2, 0.25) is 10.1 Å². The Morgan fingerprint density at radius 2 is 0.586 bits per heavy atom. The first-order valence-electron chi connectivity index (χ1n) is 23.2. The normalized spacial score (nSPS) is 11.3. The second kappa shape index (κ2) is 25.2. The van der Waals surface area contributed by atoms with E-state index in [9.17, 15) is 0 Å². The SMILES string of the molecule is CC(C)(C)[Si](Oc1cc2ccccc2[cH-]1)(c1ccccc1)c1ccccc1.CC(C)(C)[Si](Oc1cc2ccccc2[cH-]1)(c1ccccc1)c1ccccc1.[Cl-].[Cl-].[Zr+4].c1ccc([Si]c2ccccc2)cc1. The van der Waals surface area contributed by atoms with Crippen molar-refractivity contribution in [3.05, 3.63) is 255 Å². The number of benzene rings is 8. The third-order valence-electron chi connectivity index (χ3n) is 12.4. The zero-order chi connectivity index (χ0) is 46.7. The second-order valence-corrected chi connectivity index (χ2v) is 28.9. The predicted molar refractivity (Wildman–Crippen MR) is 293 cm³/mol. The fourth-order valence-corrected chi connectivity index (χ4v) is 19.1. The molecule has 0 aliphatic heterocycles. The maximum absolute atomic E-state index is 7.06. The van der Waals surface area contributed by atoms with E-state index in [0.717, 1.165) is 21.0 Å². The van der Waals surface area contributed by atoms with E-state index in [1.165, 1.54) is 52.7 Å². The summed E-state index contributed by atoms with van der Waals surface area (Å²) in [5.74, 6) is 1.93. The summed E-state index contributed by atoms with van der Waals surface area (Å²) in [6.45, 7) is 13.8. The Labute approximate surface area is 452 Å². The molecule has 0 unspecified atom stereocenters. The van der Waals surface area contributed by atoms with Crippen molar-refractivity contribution in [2.75, 3.05) is 0 Å². The molecule has 0 aliphatic rings. The first kappa shape index (κ1) is 55.6. The summed E-state index contributed by atoms with van der Waals surface area (Å²) >= 11 is 0. The van der Waals surface area contributed by atoms with Crippen LogP contribution in [0.25, 0.3) is 21.5 Å². The molecule has 2 nitrogen and oxygen atoms in total. The van der Waals surface area contributed by atoms with Crippen LogP contribution < -0.4 is 64.8 Å². The van der Waals surface area contributed by atoms with Gasteiger partial charge >= 0.3 is 42.8 Å². The van der Waals surface area contributed by atoms with Crippen molar-refractivity contribution < 1.29 is 59.9 Å². The van der Waals surface area contributed by atoms with Crippen LogP contribution in [0.15, 0.2) is 255 Å². The van der Waals surface area contributed by atoms with Crippen LogP contribution in [0.4, 0.5) is 0 Å². The Morgan fingerprint density at radius 3 is 0.843 bits per heavy atom. The fourth-order valence-electron chi connectivity index (χ4n) is 9.22. The molecule has 10 aromatic rings. The minimum atomic E-state index is -2.55. The van der Waals surface area contributed by atoms with E-state index >= 15 is 0 Å². The van der Waals surface area contributed by atoms with E-state index in [0.29, 0.717) is 0 Å². The summed E-state index contributed by atoms with van der Waals surface area (Å²) in [5, 5.41) is 12.8. The maximum atomic E-state index is 7.06. The van der Waals surface area contributed by atoms with Crippen molar-refractivity contribution in [2.24, 2.45) is 0 Å². The van der Waals surface area contributed by atoms with Crippen LogP contribution >= 0.6 is 0 Å². The van der Waals surface area contributed by atoms with Crippen LogP contribution in [0.3, 0.4) is 0 Å². The third-order valence-corrected chi connectivity index (χ3v) is 23.5. The van der Waals surface area contributed by atoms with Gasteiger partial charge in [0.1, 0.15) is 9.52 Å². The van der Waals surface area contributed by atoms with Gasteiger partial charge in [-0.3, -0.25) is 0 Å². The van der Waals surface area contributed by atoms with Crippen molar-refractivity contribution >= 4 is 78.8 Å². The molecule has 0 bridgehead atoms. The van der Waals surface area contributed by atoms with Crippen molar-refractivity contribution in [1.82, 2.24) is 0 Å². The van der Waals surface area contributed by atoms with Gasteiger partial charge in [-0.2, -0.15) is 0 Å². The van der Waals surface area contributed by atoms with E-state index in [1.54, 1.807) is 0 Å². The van der Waals surface area contributed by atoms with Crippen LogP contribution in [-0.2, 0) is 26.2 Å². The molecule has 0 heterocycles. The molecular weight excluding hydrogens is 1020 g/mol. The number of hydrogen-bond acceptors (Lipinski definition) is 2. The standard InChI is InChI=1S/2C25H25OSi.C12H10Si.2ClH.Zr/c2*1-25(2,3)27(23-14-6-4-7-15-23,24-16-8-5-9-17-24)26-22-18-20-12-10-11-13-21(20)19-22;1-3-7-11(8-4-1)13-12-9-5-2-6-10-12;;;/h2*4-19H,1-3H3;1-10H;2*1H;/q2*-1;;;;+4/p-2. The first-order chi connectivity index (χ1) is 32.5. The van der Waals surface area contributed by atoms with Gasteiger partial charge in [0, 0.05) is 11.5 Å². The predicted octanol–water partition coefficient (Wildman–Crippen LogP) is 6.34. The number of fused-ring (bicyclic) bond motifs is 2. The average Bonchev–Trinajstić information content (AvgIpc) is 3.97. The van der Waals surface area contributed by atoms with Crippen molar-refractivity contribution in [3.63, 3.8) is 0 Å². The van der Waals surface area contributed by atoms with Crippen LogP contribution in [0, 0.1) is 0 Å². The zero-order valence-electron chi connectivity index (χ0n) is 40.8. The van der Waals surface area contributed by atoms with E-state index in [-0.39, 0.29) is 61.1 Å².